The van der Waals surface area contributed by atoms with Gasteiger partial charge in [-0.15, -0.1) is 0 Å². The molecule has 1 N–H and O–H groups in total. The van der Waals surface area contributed by atoms with E-state index in [-0.39, 0.29) is 22.5 Å². The molecule has 2 bridgehead atoms. The summed E-state index contributed by atoms with van der Waals surface area (Å²) in [6.07, 6.45) is -17.4. The van der Waals surface area contributed by atoms with Crippen LogP contribution < -0.4 is 0 Å². The molecular weight excluding hydrogens is 1230 g/mol. The van der Waals surface area contributed by atoms with Gasteiger partial charge in [0.05, 0.1) is 23.5 Å². The molecule has 0 spiro atoms. The van der Waals surface area contributed by atoms with E-state index in [1.54, 1.807) is 69.3 Å². The summed E-state index contributed by atoms with van der Waals surface area (Å²) in [4.78, 5) is 117. The maximum absolute atomic E-state index is 16.6. The minimum absolute atomic E-state index is 0.00900. The van der Waals surface area contributed by atoms with E-state index in [1.165, 1.54) is 75.9 Å². The first-order valence-corrected chi connectivity index (χ1v) is 28.7. The second kappa shape index (κ2) is 24.0. The first-order valence-electron chi connectivity index (χ1n) is 26.4. The fourth-order valence-corrected chi connectivity index (χ4v) is 12.5. The topological polar surface area (TPSA) is 252 Å². The average Bonchev–Trinajstić information content (AvgIpc) is 4.06. The number of fused-ring (bicyclic) bond motifs is 5. The summed E-state index contributed by atoms with van der Waals surface area (Å²) in [5.41, 5.74) is -9.43. The third-order valence-electron chi connectivity index (χ3n) is 16.0. The fourth-order valence-electron chi connectivity index (χ4n) is 12.2. The molecule has 12 atom stereocenters. The Balaban J connectivity index is 1.35. The Morgan fingerprint density at radius 3 is 1.83 bits per heavy atom. The molecular formula is C58H61Cl6NO19. The number of nitrogens with zero attached hydrogens (tertiary/aromatic N) is 1. The highest BCUT2D eigenvalue weighted by molar-refractivity contribution is 6.68. The molecule has 3 aromatic rings. The van der Waals surface area contributed by atoms with Crippen LogP contribution in [0, 0.1) is 16.7 Å². The number of hydrogen-bond donors (Lipinski definition) is 1. The SMILES string of the molecule is CC(=O)O[C@@]12CO[C@@H]1C[C@H](OC(=O)OCC(Cl)(Cl)Cl)[C@@]1(C)C(=O)[C@H](OC(=O)OCC(Cl)(Cl)Cl)C3=C(C)[C@@H](OC(=O)[C@@H]4OC(c5ccc(C(C)=O)cc5)N(C(=O)OC(C)(C)C)[C@H]4c4ccccc4)C[C@@](O)([C@@H](OC(=O)c4ccccc4)[C@H]21)C3(C)C. The number of amides is 1. The Bertz CT molecular complexity index is 3090. The number of halogens is 6. The van der Waals surface area contributed by atoms with E-state index < -0.39 is 165 Å². The lowest BCUT2D eigenvalue weighted by atomic mass is 9.44. The summed E-state index contributed by atoms with van der Waals surface area (Å²) in [7, 11) is 0. The number of benzene rings is 3. The molecule has 3 aliphatic carbocycles. The summed E-state index contributed by atoms with van der Waals surface area (Å²) in [5, 5.41) is 14.4. The molecule has 2 heterocycles. The number of ether oxygens (including phenoxy) is 10. The van der Waals surface area contributed by atoms with Crippen molar-refractivity contribution in [1.82, 2.24) is 4.90 Å². The summed E-state index contributed by atoms with van der Waals surface area (Å²) < 4.78 is 56.0. The number of hydrogen-bond acceptors (Lipinski definition) is 19. The molecule has 0 aromatic heterocycles. The number of carbonyl (C=O) groups is 8. The first kappa shape index (κ1) is 64.6. The molecule has 2 saturated heterocycles. The van der Waals surface area contributed by atoms with Gasteiger partial charge in [-0.25, -0.2) is 24.0 Å². The minimum atomic E-state index is -2.67. The van der Waals surface area contributed by atoms with Crippen molar-refractivity contribution < 1.29 is 90.8 Å². The van der Waals surface area contributed by atoms with Crippen molar-refractivity contribution in [2.75, 3.05) is 19.8 Å². The lowest BCUT2D eigenvalue weighted by Gasteiger charge is -2.67. The van der Waals surface area contributed by atoms with Gasteiger partial charge in [-0.3, -0.25) is 19.3 Å². The van der Waals surface area contributed by atoms with E-state index in [0.717, 1.165) is 6.92 Å². The van der Waals surface area contributed by atoms with Crippen LogP contribution in [0.15, 0.2) is 96.1 Å². The fraction of sp³-hybridized carbons (Fsp3) is 0.517. The Morgan fingerprint density at radius 2 is 1.31 bits per heavy atom. The van der Waals surface area contributed by atoms with E-state index in [0.29, 0.717) is 16.7 Å². The van der Waals surface area contributed by atoms with Crippen molar-refractivity contribution in [3.63, 3.8) is 0 Å². The zero-order valence-corrected chi connectivity index (χ0v) is 51.4. The average molecular weight is 1290 g/mol. The number of Topliss-reactive ketones (excluding diaryl/α,β-unsaturated/α-hetero) is 2. The molecule has 8 rings (SSSR count). The third kappa shape index (κ3) is 12.8. The van der Waals surface area contributed by atoms with Gasteiger partial charge in [0.1, 0.15) is 54.9 Å². The molecule has 4 fully saturated rings. The Morgan fingerprint density at radius 1 is 0.738 bits per heavy atom. The summed E-state index contributed by atoms with van der Waals surface area (Å²) >= 11 is 35.8. The number of alkyl halides is 6. The van der Waals surface area contributed by atoms with Crippen LogP contribution in [0.1, 0.15) is 119 Å². The molecule has 2 aliphatic heterocycles. The number of aliphatic hydroxyl groups is 1. The normalized spacial score (nSPS) is 29.9. The van der Waals surface area contributed by atoms with Crippen LogP contribution >= 0.6 is 69.6 Å². The summed E-state index contributed by atoms with van der Waals surface area (Å²) in [6, 6.07) is 20.8. The van der Waals surface area contributed by atoms with Crippen molar-refractivity contribution in [1.29, 1.82) is 0 Å². The molecule has 1 unspecified atom stereocenters. The standard InChI is InChI=1S/C58H61Cl6NO19/c1-29-36(78-48(70)42-40(33-16-12-10-13-17-33)65(49(71)84-52(4,5)6)46(80-42)34-22-20-32(21-23-34)30(2)66)25-56(74)45(82-47(69)35-18-14-11-15-19-35)43-54(9,44(68)41(39(29)53(56,7)8)81-51(73)77-28-58(62,63)64)37(79-50(72)76-27-57(59,60)61)24-38-55(43,26-75-38)83-31(3)67/h10-23,36-38,40-43,45-46,74H,24-28H2,1-9H3/t36-,37-,38+,40-,41+,42+,43-,45-,46?,54+,55-,56+/m0/s1. The van der Waals surface area contributed by atoms with Crippen molar-refractivity contribution in [3.05, 3.63) is 118 Å². The van der Waals surface area contributed by atoms with Gasteiger partial charge in [-0.05, 0) is 70.4 Å². The molecule has 2 saturated carbocycles. The number of esters is 3. The van der Waals surface area contributed by atoms with Crippen LogP contribution in [0.4, 0.5) is 14.4 Å². The lowest BCUT2D eigenvalue weighted by Crippen LogP contribution is -2.82. The van der Waals surface area contributed by atoms with Crippen LogP contribution in [-0.4, -0.2) is 139 Å². The van der Waals surface area contributed by atoms with E-state index in [1.807, 2.05) is 0 Å². The van der Waals surface area contributed by atoms with Crippen LogP contribution in [0.25, 0.3) is 0 Å². The Labute approximate surface area is 513 Å². The Hall–Kier alpha value is -5.42. The minimum Gasteiger partial charge on any atom is -0.456 e. The van der Waals surface area contributed by atoms with Gasteiger partial charge in [0.15, 0.2) is 35.6 Å². The molecule has 3 aromatic carbocycles. The van der Waals surface area contributed by atoms with Gasteiger partial charge < -0.3 is 52.5 Å². The highest BCUT2D eigenvalue weighted by Crippen LogP contribution is 2.65. The van der Waals surface area contributed by atoms with E-state index >= 15 is 9.59 Å². The zero-order valence-electron chi connectivity index (χ0n) is 46.8. The molecule has 20 nitrogen and oxygen atoms in total. The van der Waals surface area contributed by atoms with Crippen LogP contribution in [-0.2, 0) is 61.8 Å². The van der Waals surface area contributed by atoms with Crippen molar-refractivity contribution >= 4 is 117 Å². The molecule has 454 valence electrons. The predicted octanol–water partition coefficient (Wildman–Crippen LogP) is 11.0. The van der Waals surface area contributed by atoms with Gasteiger partial charge in [0.2, 0.25) is 7.59 Å². The van der Waals surface area contributed by atoms with Gasteiger partial charge >= 0.3 is 36.3 Å². The predicted molar refractivity (Wildman–Crippen MR) is 301 cm³/mol. The molecule has 0 radical (unpaired) electrons. The molecule has 1 amide bonds. The molecule has 5 aliphatic rings. The number of carbonyl (C=O) groups excluding carboxylic acids is 8. The van der Waals surface area contributed by atoms with Crippen LogP contribution in [0.5, 0.6) is 0 Å². The van der Waals surface area contributed by atoms with Gasteiger partial charge in [0, 0.05) is 36.3 Å². The van der Waals surface area contributed by atoms with Gasteiger partial charge in [-0.2, -0.15) is 0 Å². The second-order valence-corrected chi connectivity index (χ2v) is 28.0. The highest BCUT2D eigenvalue weighted by Gasteiger charge is 2.79. The van der Waals surface area contributed by atoms with E-state index in [4.69, 9.17) is 117 Å². The van der Waals surface area contributed by atoms with Crippen molar-refractivity contribution in [2.24, 2.45) is 16.7 Å². The Kier molecular flexibility index (Phi) is 18.5. The quantitative estimate of drug-likeness (QED) is 0.0581. The zero-order chi connectivity index (χ0) is 61.9. The first-order chi connectivity index (χ1) is 39.0. The number of rotatable bonds is 12. The maximum atomic E-state index is 16.6. The van der Waals surface area contributed by atoms with E-state index in [9.17, 15) is 33.9 Å². The largest absolute Gasteiger partial charge is 0.509 e. The monoisotopic (exact) mass is 1290 g/mol. The van der Waals surface area contributed by atoms with Crippen molar-refractivity contribution in [2.45, 2.75) is 148 Å². The third-order valence-corrected chi connectivity index (χ3v) is 16.6. The van der Waals surface area contributed by atoms with Gasteiger partial charge in [0.25, 0.3) is 0 Å². The molecule has 84 heavy (non-hydrogen) atoms. The van der Waals surface area contributed by atoms with Crippen LogP contribution in [0.2, 0.25) is 0 Å². The number of ketones is 2. The van der Waals surface area contributed by atoms with Crippen LogP contribution in [0.3, 0.4) is 0 Å². The lowest BCUT2D eigenvalue weighted by molar-refractivity contribution is -0.346. The smallest absolute Gasteiger partial charge is 0.456 e. The maximum Gasteiger partial charge on any atom is 0.509 e. The summed E-state index contributed by atoms with van der Waals surface area (Å²) in [6.45, 7) is 10.8. The highest BCUT2D eigenvalue weighted by atomic mass is 35.6. The second-order valence-electron chi connectivity index (χ2n) is 22.9. The van der Waals surface area contributed by atoms with Gasteiger partial charge in [-0.1, -0.05) is 156 Å². The molecule has 26 heteroatoms. The summed E-state index contributed by atoms with van der Waals surface area (Å²) in [5.74, 6) is -6.38. The van der Waals surface area contributed by atoms with Crippen molar-refractivity contribution in [3.8, 4) is 0 Å². The van der Waals surface area contributed by atoms with E-state index in [2.05, 4.69) is 0 Å².